The number of fused-ring (bicyclic) bond motifs is 1. The number of rotatable bonds is 7. The van der Waals surface area contributed by atoms with E-state index in [4.69, 9.17) is 5.73 Å². The van der Waals surface area contributed by atoms with Crippen LogP contribution < -0.4 is 5.73 Å². The number of H-pyrrole nitrogens is 2. The predicted molar refractivity (Wildman–Crippen MR) is 130 cm³/mol. The molecule has 0 aliphatic heterocycles. The lowest BCUT2D eigenvalue weighted by atomic mass is 9.88. The summed E-state index contributed by atoms with van der Waals surface area (Å²) < 4.78 is 0. The summed E-state index contributed by atoms with van der Waals surface area (Å²) in [5.41, 5.74) is 11.1. The number of amidine groups is 1. The number of aromatic nitrogens is 3. The predicted octanol–water partition coefficient (Wildman–Crippen LogP) is 3.81. The average Bonchev–Trinajstić information content (AvgIpc) is 3.39. The summed E-state index contributed by atoms with van der Waals surface area (Å²) in [4.78, 5) is 29.1. The van der Waals surface area contributed by atoms with Gasteiger partial charge in [0.2, 0.25) is 0 Å². The van der Waals surface area contributed by atoms with Crippen molar-refractivity contribution in [1.82, 2.24) is 19.9 Å². The minimum Gasteiger partial charge on any atom is -0.384 e. The molecule has 0 saturated heterocycles. The molecule has 3 aromatic rings. The van der Waals surface area contributed by atoms with Crippen LogP contribution in [0.2, 0.25) is 0 Å². The maximum atomic E-state index is 11.5. The molecule has 1 saturated carbocycles. The number of aryl methyl sites for hydroxylation is 1. The summed E-state index contributed by atoms with van der Waals surface area (Å²) in [6.45, 7) is 3.85. The Bertz CT molecular complexity index is 1160. The Morgan fingerprint density at radius 1 is 1.25 bits per heavy atom. The van der Waals surface area contributed by atoms with Gasteiger partial charge in [-0.15, -0.1) is 0 Å². The van der Waals surface area contributed by atoms with Crippen LogP contribution in [0.15, 0.2) is 41.5 Å². The molecule has 0 bridgehead atoms. The number of nitrogens with zero attached hydrogens (tertiary/aromatic N) is 3. The molecule has 1 fully saturated rings. The minimum absolute atomic E-state index is 0.420. The third-order valence-electron chi connectivity index (χ3n) is 6.20. The first-order valence-electron chi connectivity index (χ1n) is 11.2. The minimum atomic E-state index is 0.420. The van der Waals surface area contributed by atoms with Crippen molar-refractivity contribution >= 4 is 28.1 Å². The molecule has 1 aromatic carbocycles. The topological polar surface area (TPSA) is 103 Å². The Balaban J connectivity index is 1.54. The number of nitrogens with one attached hydrogen (secondary N) is 2. The van der Waals surface area contributed by atoms with Gasteiger partial charge in [0.05, 0.1) is 11.9 Å². The Morgan fingerprint density at radius 3 is 2.72 bits per heavy atom. The summed E-state index contributed by atoms with van der Waals surface area (Å²) in [7, 11) is 3.85. The quantitative estimate of drug-likeness (QED) is 0.390. The lowest BCUT2D eigenvalue weighted by Gasteiger charge is -2.26. The van der Waals surface area contributed by atoms with E-state index in [0.717, 1.165) is 72.5 Å². The number of aromatic amines is 2. The molecule has 7 heteroatoms. The number of imidazole rings is 1. The average molecular weight is 433 g/mol. The number of ketones is 1. The maximum Gasteiger partial charge on any atom is 0.132 e. The van der Waals surface area contributed by atoms with Gasteiger partial charge in [0.25, 0.3) is 0 Å². The van der Waals surface area contributed by atoms with E-state index in [2.05, 4.69) is 56.2 Å². The lowest BCUT2D eigenvalue weighted by molar-refractivity contribution is -0.121. The van der Waals surface area contributed by atoms with E-state index in [0.29, 0.717) is 17.5 Å². The van der Waals surface area contributed by atoms with Crippen molar-refractivity contribution in [2.75, 3.05) is 20.6 Å². The zero-order valence-electron chi connectivity index (χ0n) is 19.1. The fourth-order valence-electron chi connectivity index (χ4n) is 4.50. The highest BCUT2D eigenvalue weighted by Crippen LogP contribution is 2.27. The van der Waals surface area contributed by atoms with Crippen molar-refractivity contribution in [2.24, 2.45) is 16.6 Å². The molecule has 0 radical (unpaired) electrons. The highest BCUT2D eigenvalue weighted by Gasteiger charge is 2.20. The molecule has 2 heterocycles. The van der Waals surface area contributed by atoms with Crippen LogP contribution in [-0.2, 0) is 11.3 Å². The maximum absolute atomic E-state index is 11.5. The monoisotopic (exact) mass is 432 g/mol. The van der Waals surface area contributed by atoms with Crippen LogP contribution in [0, 0.1) is 12.8 Å². The van der Waals surface area contributed by atoms with Gasteiger partial charge in [-0.3, -0.25) is 9.79 Å². The number of carbonyl (C=O) groups is 1. The summed E-state index contributed by atoms with van der Waals surface area (Å²) in [6.07, 6.45) is 7.22. The Kier molecular flexibility index (Phi) is 6.55. The summed E-state index contributed by atoms with van der Waals surface area (Å²) in [5.74, 6) is 2.35. The molecular formula is C25H32N6O. The molecule has 4 N–H and O–H groups in total. The summed E-state index contributed by atoms with van der Waals surface area (Å²) >= 11 is 0. The van der Waals surface area contributed by atoms with E-state index in [-0.39, 0.29) is 0 Å². The highest BCUT2D eigenvalue weighted by molar-refractivity contribution is 6.01. The van der Waals surface area contributed by atoms with Crippen molar-refractivity contribution in [1.29, 1.82) is 0 Å². The first-order valence-corrected chi connectivity index (χ1v) is 11.2. The van der Waals surface area contributed by atoms with Gasteiger partial charge in [-0.2, -0.15) is 0 Å². The Labute approximate surface area is 188 Å². The molecule has 1 aliphatic carbocycles. The zero-order valence-corrected chi connectivity index (χ0v) is 19.1. The van der Waals surface area contributed by atoms with Crippen molar-refractivity contribution in [3.63, 3.8) is 0 Å². The van der Waals surface area contributed by atoms with Crippen LogP contribution in [0.5, 0.6) is 0 Å². The molecule has 0 spiro atoms. The van der Waals surface area contributed by atoms with E-state index in [9.17, 15) is 4.79 Å². The molecule has 7 nitrogen and oxygen atoms in total. The number of nitrogens with two attached hydrogens (primary N) is 1. The van der Waals surface area contributed by atoms with E-state index in [1.54, 1.807) is 7.05 Å². The number of aliphatic imine (C=N–C) groups is 1. The second-order valence-electron chi connectivity index (χ2n) is 8.87. The van der Waals surface area contributed by atoms with Gasteiger partial charge in [-0.25, -0.2) is 4.98 Å². The SMILES string of the molecule is CN=C(N)/C=C(\c1cnc(C)[nH]1)c1cc2cc(CN(C)CC3CCC(=O)CC3)ccc2[nH]1. The van der Waals surface area contributed by atoms with Gasteiger partial charge in [0.15, 0.2) is 0 Å². The molecule has 0 unspecified atom stereocenters. The lowest BCUT2D eigenvalue weighted by Crippen LogP contribution is -2.28. The second-order valence-corrected chi connectivity index (χ2v) is 8.87. The van der Waals surface area contributed by atoms with Crippen LogP contribution in [0.25, 0.3) is 16.5 Å². The smallest absolute Gasteiger partial charge is 0.132 e. The Morgan fingerprint density at radius 2 is 2.03 bits per heavy atom. The first-order chi connectivity index (χ1) is 15.4. The zero-order chi connectivity index (χ0) is 22.7. The molecule has 2 aromatic heterocycles. The molecule has 1 aliphatic rings. The van der Waals surface area contributed by atoms with Crippen molar-refractivity contribution in [3.05, 3.63) is 59.3 Å². The van der Waals surface area contributed by atoms with E-state index in [1.807, 2.05) is 19.2 Å². The third-order valence-corrected chi connectivity index (χ3v) is 6.20. The van der Waals surface area contributed by atoms with Crippen LogP contribution in [0.4, 0.5) is 0 Å². The third kappa shape index (κ3) is 5.16. The van der Waals surface area contributed by atoms with Gasteiger partial charge in [-0.1, -0.05) is 6.07 Å². The van der Waals surface area contributed by atoms with Gasteiger partial charge in [0.1, 0.15) is 17.4 Å². The van der Waals surface area contributed by atoms with Gasteiger partial charge >= 0.3 is 0 Å². The molecule has 0 amide bonds. The second kappa shape index (κ2) is 9.53. The van der Waals surface area contributed by atoms with Crippen molar-refractivity contribution in [3.8, 4) is 0 Å². The number of hydrogen-bond acceptors (Lipinski definition) is 4. The number of Topliss-reactive ketones (excluding diaryl/α,β-unsaturated/α-hetero) is 1. The van der Waals surface area contributed by atoms with E-state index >= 15 is 0 Å². The molecule has 4 rings (SSSR count). The molecule has 168 valence electrons. The summed E-state index contributed by atoms with van der Waals surface area (Å²) in [5, 5.41) is 1.16. The van der Waals surface area contributed by atoms with E-state index < -0.39 is 0 Å². The van der Waals surface area contributed by atoms with Gasteiger partial charge in [0, 0.05) is 55.1 Å². The largest absolute Gasteiger partial charge is 0.384 e. The van der Waals surface area contributed by atoms with Gasteiger partial charge in [-0.05, 0) is 62.6 Å². The number of carbonyl (C=O) groups excluding carboxylic acids is 1. The highest BCUT2D eigenvalue weighted by atomic mass is 16.1. The standard InChI is InChI=1S/C25H32N6O/c1-16-28-13-24(29-16)21(12-25(26)27-2)23-11-19-10-18(6-9-22(19)30-23)15-31(3)14-17-4-7-20(32)8-5-17/h6,9-13,17,30H,4-5,7-8,14-15H2,1-3H3,(H2,26,27)(H,28,29)/b21-12-. The summed E-state index contributed by atoms with van der Waals surface area (Å²) in [6, 6.07) is 8.70. The van der Waals surface area contributed by atoms with Crippen LogP contribution in [0.3, 0.4) is 0 Å². The van der Waals surface area contributed by atoms with Crippen LogP contribution in [0.1, 0.15) is 48.5 Å². The van der Waals surface area contributed by atoms with E-state index in [1.165, 1.54) is 5.56 Å². The first kappa shape index (κ1) is 22.0. The number of benzene rings is 1. The molecule has 32 heavy (non-hydrogen) atoms. The van der Waals surface area contributed by atoms with Crippen molar-refractivity contribution < 1.29 is 4.79 Å². The Hall–Kier alpha value is -3.19. The van der Waals surface area contributed by atoms with Crippen molar-refractivity contribution in [2.45, 2.75) is 39.2 Å². The fraction of sp³-hybridized carbons (Fsp3) is 0.400. The van der Waals surface area contributed by atoms with Gasteiger partial charge < -0.3 is 20.6 Å². The van der Waals surface area contributed by atoms with Crippen LogP contribution >= 0.6 is 0 Å². The normalized spacial score (nSPS) is 16.4. The fourth-order valence-corrected chi connectivity index (χ4v) is 4.50. The molecular weight excluding hydrogens is 400 g/mol. The number of hydrogen-bond donors (Lipinski definition) is 3. The van der Waals surface area contributed by atoms with Crippen LogP contribution in [-0.4, -0.2) is 52.1 Å². The molecule has 0 atom stereocenters.